The van der Waals surface area contributed by atoms with Crippen molar-refractivity contribution >= 4 is 5.91 Å². The number of rotatable bonds is 5. The van der Waals surface area contributed by atoms with Crippen LogP contribution in [-0.2, 0) is 0 Å². The summed E-state index contributed by atoms with van der Waals surface area (Å²) in [7, 11) is 0. The molecule has 0 aliphatic heterocycles. The van der Waals surface area contributed by atoms with Crippen LogP contribution in [0.1, 0.15) is 29.6 Å². The molecule has 24 heavy (non-hydrogen) atoms. The summed E-state index contributed by atoms with van der Waals surface area (Å²) in [6.07, 6.45) is 4.53. The summed E-state index contributed by atoms with van der Waals surface area (Å²) in [4.78, 5) is 16.5. The molecule has 1 heterocycles. The highest BCUT2D eigenvalue weighted by molar-refractivity contribution is 5.96. The minimum absolute atomic E-state index is 0.199. The van der Waals surface area contributed by atoms with Crippen LogP contribution < -0.4 is 15.8 Å². The van der Waals surface area contributed by atoms with Gasteiger partial charge in [-0.3, -0.25) is 4.79 Å². The average molecular weight is 329 g/mol. The van der Waals surface area contributed by atoms with Crippen LogP contribution in [0.3, 0.4) is 0 Å². The molecule has 2 aromatic rings. The summed E-state index contributed by atoms with van der Waals surface area (Å²) in [6.45, 7) is 0.595. The Kier molecular flexibility index (Phi) is 5.05. The molecule has 6 heteroatoms. The topological polar surface area (TPSA) is 77.2 Å². The summed E-state index contributed by atoms with van der Waals surface area (Å²) in [6, 6.07) is 9.14. The summed E-state index contributed by atoms with van der Waals surface area (Å²) < 4.78 is 18.6. The van der Waals surface area contributed by atoms with E-state index in [-0.39, 0.29) is 23.6 Å². The molecule has 126 valence electrons. The van der Waals surface area contributed by atoms with E-state index in [2.05, 4.69) is 10.3 Å². The Morgan fingerprint density at radius 2 is 2.08 bits per heavy atom. The van der Waals surface area contributed by atoms with E-state index in [1.165, 1.54) is 24.3 Å². The number of aromatic nitrogens is 1. The molecule has 0 saturated heterocycles. The molecule has 1 saturated carbocycles. The Morgan fingerprint density at radius 1 is 1.29 bits per heavy atom. The van der Waals surface area contributed by atoms with Gasteiger partial charge in [0, 0.05) is 18.8 Å². The predicted molar refractivity (Wildman–Crippen MR) is 88.4 cm³/mol. The van der Waals surface area contributed by atoms with E-state index in [0.29, 0.717) is 23.8 Å². The highest BCUT2D eigenvalue weighted by atomic mass is 19.1. The lowest BCUT2D eigenvalue weighted by Crippen LogP contribution is -2.29. The normalized spacial score (nSPS) is 19.9. The highest BCUT2D eigenvalue weighted by Crippen LogP contribution is 2.25. The molecule has 0 radical (unpaired) electrons. The average Bonchev–Trinajstić information content (AvgIpc) is 3.01. The maximum absolute atomic E-state index is 13.0. The number of carbonyl (C=O) groups is 1. The first-order valence-corrected chi connectivity index (χ1v) is 8.04. The van der Waals surface area contributed by atoms with Crippen LogP contribution in [0, 0.1) is 11.7 Å². The van der Waals surface area contributed by atoms with Crippen molar-refractivity contribution in [2.45, 2.75) is 25.3 Å². The number of nitrogens with zero attached hydrogens (tertiary/aromatic N) is 1. The Morgan fingerprint density at radius 3 is 2.79 bits per heavy atom. The van der Waals surface area contributed by atoms with E-state index in [1.807, 2.05) is 0 Å². The summed E-state index contributed by atoms with van der Waals surface area (Å²) >= 11 is 0. The lowest BCUT2D eigenvalue weighted by molar-refractivity contribution is 0.0944. The second-order valence-electron chi connectivity index (χ2n) is 6.06. The van der Waals surface area contributed by atoms with Crippen molar-refractivity contribution in [3.8, 4) is 11.6 Å². The van der Waals surface area contributed by atoms with E-state index in [9.17, 15) is 9.18 Å². The number of nitrogens with two attached hydrogens (primary N) is 1. The number of hydrogen-bond donors (Lipinski definition) is 2. The monoisotopic (exact) mass is 329 g/mol. The van der Waals surface area contributed by atoms with Gasteiger partial charge in [-0.25, -0.2) is 9.37 Å². The number of nitrogens with one attached hydrogen (secondary N) is 1. The highest BCUT2D eigenvalue weighted by Gasteiger charge is 2.23. The number of amides is 1. The molecule has 0 spiro atoms. The summed E-state index contributed by atoms with van der Waals surface area (Å²) in [5, 5.41) is 2.92. The standard InChI is InChI=1S/C18H20FN3O2/c19-13-4-7-15(8-5-13)24-18-16(2-1-9-21-18)17(23)22-11-12-3-6-14(20)10-12/h1-2,4-5,7-9,12,14H,3,6,10-11,20H2,(H,22,23). The van der Waals surface area contributed by atoms with Gasteiger partial charge >= 0.3 is 0 Å². The number of pyridine rings is 1. The van der Waals surface area contributed by atoms with Crippen LogP contribution in [0.15, 0.2) is 42.6 Å². The van der Waals surface area contributed by atoms with Gasteiger partial charge in [0.2, 0.25) is 5.88 Å². The second-order valence-corrected chi connectivity index (χ2v) is 6.06. The van der Waals surface area contributed by atoms with Crippen molar-refractivity contribution in [2.75, 3.05) is 6.54 Å². The van der Waals surface area contributed by atoms with Crippen molar-refractivity contribution in [1.29, 1.82) is 0 Å². The summed E-state index contributed by atoms with van der Waals surface area (Å²) in [5.41, 5.74) is 6.24. The third-order valence-corrected chi connectivity index (χ3v) is 4.18. The fourth-order valence-corrected chi connectivity index (χ4v) is 2.89. The molecular weight excluding hydrogens is 309 g/mol. The van der Waals surface area contributed by atoms with E-state index < -0.39 is 0 Å². The molecular formula is C18H20FN3O2. The first-order valence-electron chi connectivity index (χ1n) is 8.04. The minimum Gasteiger partial charge on any atom is -0.438 e. The zero-order valence-corrected chi connectivity index (χ0v) is 13.2. The molecule has 1 amide bonds. The number of benzene rings is 1. The Labute approximate surface area is 140 Å². The second kappa shape index (κ2) is 7.40. The Balaban J connectivity index is 1.66. The largest absolute Gasteiger partial charge is 0.438 e. The fourth-order valence-electron chi connectivity index (χ4n) is 2.89. The molecule has 2 atom stereocenters. The van der Waals surface area contributed by atoms with Gasteiger partial charge in [0.15, 0.2) is 0 Å². The first kappa shape index (κ1) is 16.4. The van der Waals surface area contributed by atoms with E-state index >= 15 is 0 Å². The molecule has 3 rings (SSSR count). The van der Waals surface area contributed by atoms with Crippen LogP contribution in [0.4, 0.5) is 4.39 Å². The van der Waals surface area contributed by atoms with Gasteiger partial charge < -0.3 is 15.8 Å². The first-order chi connectivity index (χ1) is 11.6. The third-order valence-electron chi connectivity index (χ3n) is 4.18. The minimum atomic E-state index is -0.351. The molecule has 0 bridgehead atoms. The maximum Gasteiger partial charge on any atom is 0.256 e. The SMILES string of the molecule is NC1CCC(CNC(=O)c2cccnc2Oc2ccc(F)cc2)C1. The molecule has 5 nitrogen and oxygen atoms in total. The number of ether oxygens (including phenoxy) is 1. The third kappa shape index (κ3) is 4.08. The molecule has 1 aliphatic rings. The van der Waals surface area contributed by atoms with Gasteiger partial charge in [-0.15, -0.1) is 0 Å². The Hall–Kier alpha value is -2.47. The van der Waals surface area contributed by atoms with Crippen molar-refractivity contribution in [1.82, 2.24) is 10.3 Å². The lowest BCUT2D eigenvalue weighted by Gasteiger charge is -2.13. The predicted octanol–water partition coefficient (Wildman–Crippen LogP) is 2.87. The van der Waals surface area contributed by atoms with E-state index in [1.54, 1.807) is 18.3 Å². The van der Waals surface area contributed by atoms with Crippen LogP contribution in [0.5, 0.6) is 11.6 Å². The van der Waals surface area contributed by atoms with Crippen LogP contribution >= 0.6 is 0 Å². The van der Waals surface area contributed by atoms with Crippen molar-refractivity contribution in [2.24, 2.45) is 11.7 Å². The van der Waals surface area contributed by atoms with Gasteiger partial charge in [-0.1, -0.05) is 0 Å². The number of halogens is 1. The zero-order valence-electron chi connectivity index (χ0n) is 13.2. The van der Waals surface area contributed by atoms with Crippen molar-refractivity contribution in [3.63, 3.8) is 0 Å². The van der Waals surface area contributed by atoms with Gasteiger partial charge in [-0.05, 0) is 61.6 Å². The van der Waals surface area contributed by atoms with Crippen molar-refractivity contribution in [3.05, 3.63) is 54.0 Å². The van der Waals surface area contributed by atoms with Gasteiger partial charge in [0.05, 0.1) is 0 Å². The van der Waals surface area contributed by atoms with Crippen LogP contribution in [0.25, 0.3) is 0 Å². The van der Waals surface area contributed by atoms with Gasteiger partial charge in [0.25, 0.3) is 5.91 Å². The fraction of sp³-hybridized carbons (Fsp3) is 0.333. The van der Waals surface area contributed by atoms with Gasteiger partial charge in [0.1, 0.15) is 17.1 Å². The molecule has 1 fully saturated rings. The quantitative estimate of drug-likeness (QED) is 0.884. The number of carbonyl (C=O) groups excluding carboxylic acids is 1. The van der Waals surface area contributed by atoms with Crippen LogP contribution in [0.2, 0.25) is 0 Å². The maximum atomic E-state index is 13.0. The van der Waals surface area contributed by atoms with Crippen molar-refractivity contribution < 1.29 is 13.9 Å². The molecule has 1 aromatic heterocycles. The smallest absolute Gasteiger partial charge is 0.256 e. The molecule has 1 aromatic carbocycles. The van der Waals surface area contributed by atoms with E-state index in [4.69, 9.17) is 10.5 Å². The number of hydrogen-bond acceptors (Lipinski definition) is 4. The molecule has 3 N–H and O–H groups in total. The van der Waals surface area contributed by atoms with E-state index in [0.717, 1.165) is 19.3 Å². The zero-order chi connectivity index (χ0) is 16.9. The van der Waals surface area contributed by atoms with Gasteiger partial charge in [-0.2, -0.15) is 0 Å². The summed E-state index contributed by atoms with van der Waals surface area (Å²) in [5.74, 6) is 0.453. The molecule has 2 unspecified atom stereocenters. The lowest BCUT2D eigenvalue weighted by atomic mass is 10.1. The Bertz CT molecular complexity index is 706. The van der Waals surface area contributed by atoms with Crippen LogP contribution in [-0.4, -0.2) is 23.5 Å². The molecule has 1 aliphatic carbocycles.